The van der Waals surface area contributed by atoms with Crippen molar-refractivity contribution >= 4 is 11.6 Å². The highest BCUT2D eigenvalue weighted by Crippen LogP contribution is 2.24. The zero-order valence-corrected chi connectivity index (χ0v) is 11.2. The number of benzene rings is 1. The maximum Gasteiger partial charge on any atom is 0.196 e. The van der Waals surface area contributed by atoms with Crippen molar-refractivity contribution in [1.82, 2.24) is 4.90 Å². The Kier molecular flexibility index (Phi) is 4.62. The summed E-state index contributed by atoms with van der Waals surface area (Å²) in [4.78, 5) is 6.53. The molecule has 3 heteroatoms. The van der Waals surface area contributed by atoms with Gasteiger partial charge in [-0.3, -0.25) is 0 Å². The average Bonchev–Trinajstić information content (AvgIpc) is 2.41. The summed E-state index contributed by atoms with van der Waals surface area (Å²) in [5.41, 5.74) is 6.96. The molecule has 0 heterocycles. The molecule has 1 aliphatic carbocycles. The largest absolute Gasteiger partial charge is 0.369 e. The lowest BCUT2D eigenvalue weighted by Gasteiger charge is -2.27. The fourth-order valence-corrected chi connectivity index (χ4v) is 2.57. The van der Waals surface area contributed by atoms with Gasteiger partial charge in [0, 0.05) is 13.6 Å². The Morgan fingerprint density at radius 2 is 1.89 bits per heavy atom. The molecule has 1 saturated carbocycles. The Bertz CT molecular complexity index is 380. The van der Waals surface area contributed by atoms with Crippen molar-refractivity contribution in [1.29, 1.82) is 0 Å². The molecule has 18 heavy (non-hydrogen) atoms. The zero-order chi connectivity index (χ0) is 12.8. The second kappa shape index (κ2) is 6.43. The van der Waals surface area contributed by atoms with E-state index >= 15 is 0 Å². The molecular formula is C15H23N3. The van der Waals surface area contributed by atoms with Crippen LogP contribution in [0, 0.1) is 5.92 Å². The van der Waals surface area contributed by atoms with Crippen LogP contribution in [0.1, 0.15) is 32.1 Å². The molecule has 0 atom stereocenters. The van der Waals surface area contributed by atoms with Crippen molar-refractivity contribution in [2.24, 2.45) is 16.6 Å². The summed E-state index contributed by atoms with van der Waals surface area (Å²) in [6.07, 6.45) is 6.81. The van der Waals surface area contributed by atoms with Crippen LogP contribution < -0.4 is 5.73 Å². The second-order valence-corrected chi connectivity index (χ2v) is 5.19. The van der Waals surface area contributed by atoms with Gasteiger partial charge in [-0.2, -0.15) is 0 Å². The topological polar surface area (TPSA) is 41.6 Å². The standard InChI is InChI=1S/C15H23N3/c1-18(12-13-8-4-2-5-9-13)15(16)17-14-10-6-3-7-11-14/h3,6-7,10-11,13H,2,4-5,8-9,12H2,1H3,(H2,16,17). The lowest BCUT2D eigenvalue weighted by molar-refractivity contribution is 0.295. The van der Waals surface area contributed by atoms with E-state index in [-0.39, 0.29) is 0 Å². The monoisotopic (exact) mass is 245 g/mol. The summed E-state index contributed by atoms with van der Waals surface area (Å²) in [5, 5.41) is 0. The van der Waals surface area contributed by atoms with E-state index < -0.39 is 0 Å². The lowest BCUT2D eigenvalue weighted by Crippen LogP contribution is -2.37. The molecule has 0 aromatic heterocycles. The van der Waals surface area contributed by atoms with Gasteiger partial charge < -0.3 is 10.6 Å². The molecule has 0 bridgehead atoms. The second-order valence-electron chi connectivity index (χ2n) is 5.19. The van der Waals surface area contributed by atoms with Gasteiger partial charge in [0.2, 0.25) is 0 Å². The van der Waals surface area contributed by atoms with Crippen molar-refractivity contribution in [3.63, 3.8) is 0 Å². The van der Waals surface area contributed by atoms with E-state index in [9.17, 15) is 0 Å². The van der Waals surface area contributed by atoms with Gasteiger partial charge in [-0.25, -0.2) is 4.99 Å². The van der Waals surface area contributed by atoms with Crippen molar-refractivity contribution < 1.29 is 0 Å². The summed E-state index contributed by atoms with van der Waals surface area (Å²) in [5.74, 6) is 1.40. The first-order valence-corrected chi connectivity index (χ1v) is 6.86. The first-order chi connectivity index (χ1) is 8.75. The molecule has 98 valence electrons. The number of para-hydroxylation sites is 1. The molecule has 2 N–H and O–H groups in total. The van der Waals surface area contributed by atoms with Crippen LogP contribution in [0.3, 0.4) is 0 Å². The van der Waals surface area contributed by atoms with Crippen LogP contribution >= 0.6 is 0 Å². The molecule has 0 saturated heterocycles. The van der Waals surface area contributed by atoms with Crippen LogP contribution in [-0.4, -0.2) is 24.5 Å². The van der Waals surface area contributed by atoms with Crippen LogP contribution in [0.2, 0.25) is 0 Å². The summed E-state index contributed by atoms with van der Waals surface area (Å²) >= 11 is 0. The van der Waals surface area contributed by atoms with Gasteiger partial charge in [0.25, 0.3) is 0 Å². The molecular weight excluding hydrogens is 222 g/mol. The number of hydrogen-bond acceptors (Lipinski definition) is 1. The average molecular weight is 245 g/mol. The third-order valence-electron chi connectivity index (χ3n) is 3.65. The minimum Gasteiger partial charge on any atom is -0.369 e. The highest BCUT2D eigenvalue weighted by Gasteiger charge is 2.16. The fourth-order valence-electron chi connectivity index (χ4n) is 2.57. The van der Waals surface area contributed by atoms with Crippen LogP contribution in [0.25, 0.3) is 0 Å². The number of hydrogen-bond donors (Lipinski definition) is 1. The molecule has 0 aliphatic heterocycles. The van der Waals surface area contributed by atoms with Crippen LogP contribution in [-0.2, 0) is 0 Å². The number of nitrogens with zero attached hydrogens (tertiary/aromatic N) is 2. The SMILES string of the molecule is CN(CC1CCCCC1)C(N)=Nc1ccccc1. The first kappa shape index (κ1) is 12.9. The highest BCUT2D eigenvalue weighted by atomic mass is 15.2. The van der Waals surface area contributed by atoms with E-state index in [1.165, 1.54) is 32.1 Å². The maximum atomic E-state index is 6.04. The number of rotatable bonds is 3. The van der Waals surface area contributed by atoms with Crippen molar-refractivity contribution in [3.05, 3.63) is 30.3 Å². The van der Waals surface area contributed by atoms with Gasteiger partial charge in [0.05, 0.1) is 5.69 Å². The summed E-state index contributed by atoms with van der Waals surface area (Å²) < 4.78 is 0. The van der Waals surface area contributed by atoms with Crippen molar-refractivity contribution in [2.45, 2.75) is 32.1 Å². The normalized spacial score (nSPS) is 17.7. The molecule has 0 radical (unpaired) electrons. The first-order valence-electron chi connectivity index (χ1n) is 6.86. The van der Waals surface area contributed by atoms with Gasteiger partial charge in [0.1, 0.15) is 0 Å². The van der Waals surface area contributed by atoms with E-state index in [1.54, 1.807) is 0 Å². The summed E-state index contributed by atoms with van der Waals surface area (Å²) in [6, 6.07) is 9.89. The lowest BCUT2D eigenvalue weighted by atomic mass is 9.89. The minimum absolute atomic E-state index is 0.617. The van der Waals surface area contributed by atoms with Crippen LogP contribution in [0.15, 0.2) is 35.3 Å². The molecule has 1 aromatic carbocycles. The fraction of sp³-hybridized carbons (Fsp3) is 0.533. The molecule has 1 aromatic rings. The van der Waals surface area contributed by atoms with Gasteiger partial charge >= 0.3 is 0 Å². The van der Waals surface area contributed by atoms with E-state index in [0.29, 0.717) is 5.96 Å². The molecule has 3 nitrogen and oxygen atoms in total. The summed E-state index contributed by atoms with van der Waals surface area (Å²) in [6.45, 7) is 1.03. The van der Waals surface area contributed by atoms with E-state index in [2.05, 4.69) is 9.89 Å². The predicted molar refractivity (Wildman–Crippen MR) is 76.9 cm³/mol. The molecule has 2 rings (SSSR count). The number of nitrogens with two attached hydrogens (primary N) is 1. The van der Waals surface area contributed by atoms with Gasteiger partial charge in [-0.1, -0.05) is 37.5 Å². The Hall–Kier alpha value is -1.51. The van der Waals surface area contributed by atoms with Crippen LogP contribution in [0.5, 0.6) is 0 Å². The Morgan fingerprint density at radius 1 is 1.22 bits per heavy atom. The maximum absolute atomic E-state index is 6.04. The van der Waals surface area contributed by atoms with E-state index in [1.807, 2.05) is 37.4 Å². The van der Waals surface area contributed by atoms with Gasteiger partial charge in [0.15, 0.2) is 5.96 Å². The highest BCUT2D eigenvalue weighted by molar-refractivity contribution is 5.80. The molecule has 0 unspecified atom stereocenters. The zero-order valence-electron chi connectivity index (χ0n) is 11.2. The van der Waals surface area contributed by atoms with E-state index in [0.717, 1.165) is 18.2 Å². The Labute approximate surface area is 110 Å². The smallest absolute Gasteiger partial charge is 0.196 e. The molecule has 1 fully saturated rings. The quantitative estimate of drug-likeness (QED) is 0.656. The molecule has 1 aliphatic rings. The van der Waals surface area contributed by atoms with Crippen LogP contribution in [0.4, 0.5) is 5.69 Å². The molecule has 0 spiro atoms. The van der Waals surface area contributed by atoms with Crippen molar-refractivity contribution in [2.75, 3.05) is 13.6 Å². The third-order valence-corrected chi connectivity index (χ3v) is 3.65. The minimum atomic E-state index is 0.617. The predicted octanol–water partition coefficient (Wildman–Crippen LogP) is 3.14. The van der Waals surface area contributed by atoms with Gasteiger partial charge in [-0.05, 0) is 30.9 Å². The Balaban J connectivity index is 1.91. The number of aliphatic imine (C=N–C) groups is 1. The number of guanidine groups is 1. The third kappa shape index (κ3) is 3.76. The van der Waals surface area contributed by atoms with E-state index in [4.69, 9.17) is 5.73 Å². The van der Waals surface area contributed by atoms with Gasteiger partial charge in [-0.15, -0.1) is 0 Å². The summed E-state index contributed by atoms with van der Waals surface area (Å²) in [7, 11) is 2.04. The van der Waals surface area contributed by atoms with Crippen molar-refractivity contribution in [3.8, 4) is 0 Å². The molecule has 0 amide bonds. The Morgan fingerprint density at radius 3 is 2.56 bits per heavy atom.